The van der Waals surface area contributed by atoms with Crippen LogP contribution in [0.1, 0.15) is 40.5 Å². The van der Waals surface area contributed by atoms with Crippen LogP contribution in [0, 0.1) is 23.2 Å². The minimum absolute atomic E-state index is 0.377. The molecule has 2 nitrogen and oxygen atoms in total. The average molecular weight is 252 g/mol. The summed E-state index contributed by atoms with van der Waals surface area (Å²) in [7, 11) is 8.36. The van der Waals surface area contributed by atoms with E-state index in [0.29, 0.717) is 17.4 Å². The number of nitrogens with zero attached hydrogens (tertiary/aromatic N) is 2. The second kappa shape index (κ2) is 7.81. The van der Waals surface area contributed by atoms with E-state index in [1.165, 1.54) is 6.42 Å². The summed E-state index contributed by atoms with van der Waals surface area (Å²) in [6.07, 6.45) is 2.41. The number of hydrogen-bond acceptors (Lipinski definition) is 2. The smallest absolute Gasteiger partial charge is 0.0712 e. The van der Waals surface area contributed by atoms with E-state index in [1.54, 1.807) is 0 Å². The lowest BCUT2D eigenvalue weighted by atomic mass is 9.83. The highest BCUT2D eigenvalue weighted by molar-refractivity contribution is 5.09. The zero-order valence-electron chi connectivity index (χ0n) is 13.7. The van der Waals surface area contributed by atoms with Crippen LogP contribution < -0.4 is 0 Å². The summed E-state index contributed by atoms with van der Waals surface area (Å²) < 4.78 is 0. The molecule has 0 bridgehead atoms. The van der Waals surface area contributed by atoms with Gasteiger partial charge in [0.15, 0.2) is 0 Å². The fourth-order valence-electron chi connectivity index (χ4n) is 2.23. The van der Waals surface area contributed by atoms with Gasteiger partial charge in [-0.15, -0.1) is 0 Å². The van der Waals surface area contributed by atoms with Gasteiger partial charge in [0.05, 0.1) is 12.6 Å². The van der Waals surface area contributed by atoms with E-state index in [2.05, 4.69) is 77.5 Å². The first-order valence-electron chi connectivity index (χ1n) is 6.91. The van der Waals surface area contributed by atoms with Gasteiger partial charge in [-0.05, 0) is 52.4 Å². The Morgan fingerprint density at radius 2 is 1.61 bits per heavy atom. The maximum atomic E-state index is 3.40. The highest BCUT2D eigenvalue weighted by atomic mass is 15.1. The molecule has 0 aromatic carbocycles. The highest BCUT2D eigenvalue weighted by Crippen LogP contribution is 2.27. The molecule has 0 aliphatic heterocycles. The fourth-order valence-corrected chi connectivity index (χ4v) is 2.23. The first kappa shape index (κ1) is 17.5. The molecule has 106 valence electrons. The number of rotatable bonds is 5. The Kier molecular flexibility index (Phi) is 7.59. The molecule has 0 N–H and O–H groups in total. The molecule has 0 aliphatic carbocycles. The molecule has 2 atom stereocenters. The van der Waals surface area contributed by atoms with Crippen LogP contribution in [0.5, 0.6) is 0 Å². The first-order valence-corrected chi connectivity index (χ1v) is 6.91. The summed E-state index contributed by atoms with van der Waals surface area (Å²) in [6, 6.07) is 0.377. The predicted octanol–water partition coefficient (Wildman–Crippen LogP) is 2.94. The van der Waals surface area contributed by atoms with Gasteiger partial charge in [0.1, 0.15) is 0 Å². The van der Waals surface area contributed by atoms with E-state index in [9.17, 15) is 0 Å². The number of hydrogen-bond donors (Lipinski definition) is 0. The van der Waals surface area contributed by atoms with E-state index in [4.69, 9.17) is 0 Å². The van der Waals surface area contributed by atoms with Crippen LogP contribution in [0.4, 0.5) is 0 Å². The SMILES string of the molecule is C[C@H](C[C@@H](C#CCN(C)C)N(C)C)CC(C)(C)C. The second-order valence-electron chi connectivity index (χ2n) is 7.14. The summed E-state index contributed by atoms with van der Waals surface area (Å²) in [5, 5.41) is 0. The third-order valence-corrected chi connectivity index (χ3v) is 2.87. The molecule has 0 saturated carbocycles. The van der Waals surface area contributed by atoms with Crippen molar-refractivity contribution >= 4 is 0 Å². The van der Waals surface area contributed by atoms with Gasteiger partial charge in [0.25, 0.3) is 0 Å². The minimum Gasteiger partial charge on any atom is -0.299 e. The summed E-state index contributed by atoms with van der Waals surface area (Å²) >= 11 is 0. The summed E-state index contributed by atoms with van der Waals surface area (Å²) in [6.45, 7) is 10.1. The van der Waals surface area contributed by atoms with Crippen molar-refractivity contribution in [2.45, 2.75) is 46.6 Å². The molecule has 0 spiro atoms. The van der Waals surface area contributed by atoms with Crippen molar-refractivity contribution in [3.63, 3.8) is 0 Å². The molecule has 0 amide bonds. The van der Waals surface area contributed by atoms with Gasteiger partial charge in [0, 0.05) is 0 Å². The monoisotopic (exact) mass is 252 g/mol. The van der Waals surface area contributed by atoms with Crippen molar-refractivity contribution in [2.24, 2.45) is 11.3 Å². The molecular weight excluding hydrogens is 220 g/mol. The van der Waals surface area contributed by atoms with Gasteiger partial charge in [-0.25, -0.2) is 0 Å². The normalized spacial score (nSPS) is 15.4. The largest absolute Gasteiger partial charge is 0.299 e. The lowest BCUT2D eigenvalue weighted by Gasteiger charge is -2.27. The van der Waals surface area contributed by atoms with E-state index < -0.39 is 0 Å². The van der Waals surface area contributed by atoms with Crippen molar-refractivity contribution in [1.29, 1.82) is 0 Å². The topological polar surface area (TPSA) is 6.48 Å². The molecule has 2 heteroatoms. The third-order valence-electron chi connectivity index (χ3n) is 2.87. The van der Waals surface area contributed by atoms with E-state index in [-0.39, 0.29) is 0 Å². The van der Waals surface area contributed by atoms with E-state index >= 15 is 0 Å². The van der Waals surface area contributed by atoms with Gasteiger partial charge >= 0.3 is 0 Å². The highest BCUT2D eigenvalue weighted by Gasteiger charge is 2.19. The van der Waals surface area contributed by atoms with Gasteiger partial charge in [-0.3, -0.25) is 9.80 Å². The van der Waals surface area contributed by atoms with Crippen molar-refractivity contribution in [2.75, 3.05) is 34.7 Å². The van der Waals surface area contributed by atoms with Crippen LogP contribution in [-0.4, -0.2) is 50.6 Å². The van der Waals surface area contributed by atoms with Gasteiger partial charge in [-0.1, -0.05) is 39.5 Å². The van der Waals surface area contributed by atoms with Crippen LogP contribution >= 0.6 is 0 Å². The second-order valence-corrected chi connectivity index (χ2v) is 7.14. The maximum absolute atomic E-state index is 3.40. The molecule has 0 fully saturated rings. The van der Waals surface area contributed by atoms with Crippen LogP contribution in [-0.2, 0) is 0 Å². The summed E-state index contributed by atoms with van der Waals surface area (Å²) in [4.78, 5) is 4.35. The van der Waals surface area contributed by atoms with Crippen LogP contribution in [0.3, 0.4) is 0 Å². The molecule has 18 heavy (non-hydrogen) atoms. The van der Waals surface area contributed by atoms with Crippen LogP contribution in [0.2, 0.25) is 0 Å². The van der Waals surface area contributed by atoms with E-state index in [0.717, 1.165) is 13.0 Å². The Bertz CT molecular complexity index is 276. The van der Waals surface area contributed by atoms with Gasteiger partial charge < -0.3 is 0 Å². The Balaban J connectivity index is 4.39. The lowest BCUT2D eigenvalue weighted by molar-refractivity contribution is 0.246. The average Bonchev–Trinajstić information content (AvgIpc) is 2.12. The lowest BCUT2D eigenvalue weighted by Crippen LogP contribution is -2.29. The molecular formula is C16H32N2. The molecule has 0 aromatic heterocycles. The molecule has 0 heterocycles. The Morgan fingerprint density at radius 3 is 2.00 bits per heavy atom. The van der Waals surface area contributed by atoms with Crippen molar-refractivity contribution in [3.05, 3.63) is 0 Å². The molecule has 0 aliphatic rings. The maximum Gasteiger partial charge on any atom is 0.0712 e. The van der Waals surface area contributed by atoms with Crippen LogP contribution in [0.15, 0.2) is 0 Å². The van der Waals surface area contributed by atoms with Gasteiger partial charge in [0.2, 0.25) is 0 Å². The van der Waals surface area contributed by atoms with Gasteiger partial charge in [-0.2, -0.15) is 0 Å². The zero-order chi connectivity index (χ0) is 14.3. The molecule has 0 radical (unpaired) electrons. The molecule has 0 aromatic rings. The third kappa shape index (κ3) is 9.50. The molecule has 0 unspecified atom stereocenters. The van der Waals surface area contributed by atoms with Crippen molar-refractivity contribution in [1.82, 2.24) is 9.80 Å². The zero-order valence-corrected chi connectivity index (χ0v) is 13.7. The van der Waals surface area contributed by atoms with Crippen molar-refractivity contribution < 1.29 is 0 Å². The van der Waals surface area contributed by atoms with Crippen LogP contribution in [0.25, 0.3) is 0 Å². The fraction of sp³-hybridized carbons (Fsp3) is 0.875. The molecule has 0 rings (SSSR count). The predicted molar refractivity (Wildman–Crippen MR) is 81.7 cm³/mol. The minimum atomic E-state index is 0.377. The molecule has 0 saturated heterocycles. The van der Waals surface area contributed by atoms with E-state index in [1.807, 2.05) is 0 Å². The summed E-state index contributed by atoms with van der Waals surface area (Å²) in [5.41, 5.74) is 0.410. The summed E-state index contributed by atoms with van der Waals surface area (Å²) in [5.74, 6) is 7.38. The van der Waals surface area contributed by atoms with Crippen molar-refractivity contribution in [3.8, 4) is 11.8 Å². The Labute approximate surface area is 115 Å². The Morgan fingerprint density at radius 1 is 1.06 bits per heavy atom. The first-order chi connectivity index (χ1) is 8.11. The Hall–Kier alpha value is -0.520. The standard InChI is InChI=1S/C16H32N2/c1-14(13-16(2,3)4)12-15(18(7)8)10-9-11-17(5)6/h14-15H,11-13H2,1-8H3/t14-,15-/m1/s1. The quantitative estimate of drug-likeness (QED) is 0.694.